The topological polar surface area (TPSA) is 38.7 Å². The Balaban J connectivity index is 1.76. The van der Waals surface area contributed by atoms with Gasteiger partial charge < -0.3 is 14.6 Å². The number of benzene rings is 5. The molecule has 1 N–H and O–H groups in total. The third-order valence-electron chi connectivity index (χ3n) is 6.41. The van der Waals surface area contributed by atoms with Crippen molar-refractivity contribution < 1.29 is 14.6 Å². The first-order valence-corrected chi connectivity index (χ1v) is 12.0. The largest absolute Gasteiger partial charge is 0.496 e. The van der Waals surface area contributed by atoms with E-state index < -0.39 is 5.60 Å². The molecule has 0 fully saturated rings. The second-order valence-electron chi connectivity index (χ2n) is 8.60. The standard InChI is InChI=1S/C33H28O3/c1-35-31-23-12-11-20-28(31)29-21-13-22-30(32(29)36-24-25-14-5-2-6-15-25)33(34,26-16-7-3-8-17-26)27-18-9-4-10-19-27/h2-23,34H,24H2,1H3. The summed E-state index contributed by atoms with van der Waals surface area (Å²) >= 11 is 0. The van der Waals surface area contributed by atoms with E-state index in [0.29, 0.717) is 17.9 Å². The predicted octanol–water partition coefficient (Wildman–Crippen LogP) is 7.23. The molecule has 0 aliphatic rings. The molecule has 0 radical (unpaired) electrons. The highest BCUT2D eigenvalue weighted by atomic mass is 16.5. The highest BCUT2D eigenvalue weighted by Gasteiger charge is 2.37. The lowest BCUT2D eigenvalue weighted by Gasteiger charge is -2.32. The van der Waals surface area contributed by atoms with Gasteiger partial charge in [0.1, 0.15) is 23.7 Å². The van der Waals surface area contributed by atoms with E-state index in [9.17, 15) is 5.11 Å². The first kappa shape index (κ1) is 23.4. The molecule has 0 aromatic heterocycles. The molecule has 178 valence electrons. The van der Waals surface area contributed by atoms with Crippen LogP contribution in [0.25, 0.3) is 11.1 Å². The van der Waals surface area contributed by atoms with Crippen LogP contribution in [-0.4, -0.2) is 12.2 Å². The van der Waals surface area contributed by atoms with Gasteiger partial charge in [0, 0.05) is 16.7 Å². The van der Waals surface area contributed by atoms with Crippen LogP contribution >= 0.6 is 0 Å². The summed E-state index contributed by atoms with van der Waals surface area (Å²) in [5.41, 5.74) is 3.54. The Labute approximate surface area is 212 Å². The number of hydrogen-bond acceptors (Lipinski definition) is 3. The fourth-order valence-corrected chi connectivity index (χ4v) is 4.62. The van der Waals surface area contributed by atoms with Crippen molar-refractivity contribution in [2.75, 3.05) is 7.11 Å². The summed E-state index contributed by atoms with van der Waals surface area (Å²) in [6, 6.07) is 43.3. The summed E-state index contributed by atoms with van der Waals surface area (Å²) in [6.45, 7) is 0.361. The van der Waals surface area contributed by atoms with Crippen LogP contribution < -0.4 is 9.47 Å². The van der Waals surface area contributed by atoms with Gasteiger partial charge in [0.05, 0.1) is 7.11 Å². The van der Waals surface area contributed by atoms with Crippen molar-refractivity contribution in [1.29, 1.82) is 0 Å². The van der Waals surface area contributed by atoms with Gasteiger partial charge in [-0.15, -0.1) is 0 Å². The Hall–Kier alpha value is -4.34. The molecule has 0 bridgehead atoms. The average molecular weight is 473 g/mol. The van der Waals surface area contributed by atoms with E-state index in [4.69, 9.17) is 9.47 Å². The normalized spacial score (nSPS) is 11.2. The van der Waals surface area contributed by atoms with Crippen LogP contribution in [0.3, 0.4) is 0 Å². The zero-order valence-electron chi connectivity index (χ0n) is 20.2. The van der Waals surface area contributed by atoms with E-state index in [1.165, 1.54) is 0 Å². The van der Waals surface area contributed by atoms with Crippen molar-refractivity contribution in [3.8, 4) is 22.6 Å². The molecule has 0 saturated carbocycles. The van der Waals surface area contributed by atoms with E-state index in [1.807, 2.05) is 133 Å². The van der Waals surface area contributed by atoms with Gasteiger partial charge in [-0.25, -0.2) is 0 Å². The fourth-order valence-electron chi connectivity index (χ4n) is 4.62. The van der Waals surface area contributed by atoms with E-state index in [-0.39, 0.29) is 0 Å². The molecule has 3 nitrogen and oxygen atoms in total. The molecule has 0 atom stereocenters. The number of para-hydroxylation sites is 2. The molecule has 5 rings (SSSR count). The van der Waals surface area contributed by atoms with Crippen molar-refractivity contribution in [2.45, 2.75) is 12.2 Å². The van der Waals surface area contributed by atoms with E-state index in [0.717, 1.165) is 33.6 Å². The molecule has 5 aromatic carbocycles. The lowest BCUT2D eigenvalue weighted by atomic mass is 9.79. The fraction of sp³-hybridized carbons (Fsp3) is 0.0909. The minimum Gasteiger partial charge on any atom is -0.496 e. The van der Waals surface area contributed by atoms with Gasteiger partial charge in [-0.3, -0.25) is 0 Å². The van der Waals surface area contributed by atoms with Gasteiger partial charge in [0.15, 0.2) is 0 Å². The minimum atomic E-state index is -1.44. The lowest BCUT2D eigenvalue weighted by molar-refractivity contribution is 0.120. The number of ether oxygens (including phenoxy) is 2. The molecule has 0 aliphatic carbocycles. The van der Waals surface area contributed by atoms with Crippen LogP contribution in [0, 0.1) is 0 Å². The summed E-state index contributed by atoms with van der Waals surface area (Å²) in [4.78, 5) is 0. The Morgan fingerprint density at radius 1 is 0.583 bits per heavy atom. The van der Waals surface area contributed by atoms with E-state index >= 15 is 0 Å². The average Bonchev–Trinajstić information content (AvgIpc) is 2.97. The maximum Gasteiger partial charge on any atom is 0.144 e. The van der Waals surface area contributed by atoms with E-state index in [2.05, 4.69) is 0 Å². The third kappa shape index (κ3) is 4.49. The molecule has 0 aliphatic heterocycles. The second kappa shape index (κ2) is 10.5. The van der Waals surface area contributed by atoms with Crippen molar-refractivity contribution in [1.82, 2.24) is 0 Å². The van der Waals surface area contributed by atoms with Crippen LogP contribution in [0.4, 0.5) is 0 Å². The number of hydrogen-bond donors (Lipinski definition) is 1. The summed E-state index contributed by atoms with van der Waals surface area (Å²) in [5, 5.41) is 12.6. The van der Waals surface area contributed by atoms with Gasteiger partial charge >= 0.3 is 0 Å². The van der Waals surface area contributed by atoms with Crippen molar-refractivity contribution in [3.05, 3.63) is 156 Å². The summed E-state index contributed by atoms with van der Waals surface area (Å²) in [6.07, 6.45) is 0. The molecule has 0 unspecified atom stereocenters. The molecule has 0 saturated heterocycles. The molecule has 0 heterocycles. The smallest absolute Gasteiger partial charge is 0.144 e. The number of methoxy groups -OCH3 is 1. The predicted molar refractivity (Wildman–Crippen MR) is 144 cm³/mol. The number of aliphatic hydroxyl groups is 1. The van der Waals surface area contributed by atoms with Gasteiger partial charge in [-0.2, -0.15) is 0 Å². The molecular weight excluding hydrogens is 444 g/mol. The van der Waals surface area contributed by atoms with Gasteiger partial charge in [0.25, 0.3) is 0 Å². The molecule has 36 heavy (non-hydrogen) atoms. The van der Waals surface area contributed by atoms with Gasteiger partial charge in [-0.1, -0.05) is 127 Å². The van der Waals surface area contributed by atoms with Crippen molar-refractivity contribution >= 4 is 0 Å². The molecule has 0 spiro atoms. The Morgan fingerprint density at radius 3 is 1.72 bits per heavy atom. The SMILES string of the molecule is COc1ccccc1-c1cccc(C(O)(c2ccccc2)c2ccccc2)c1OCc1ccccc1. The molecule has 5 aromatic rings. The first-order valence-electron chi connectivity index (χ1n) is 12.0. The zero-order valence-corrected chi connectivity index (χ0v) is 20.2. The highest BCUT2D eigenvalue weighted by Crippen LogP contribution is 2.46. The van der Waals surface area contributed by atoms with Gasteiger partial charge in [0.2, 0.25) is 0 Å². The minimum absolute atomic E-state index is 0.361. The Bertz CT molecular complexity index is 1370. The number of rotatable bonds is 8. The van der Waals surface area contributed by atoms with E-state index in [1.54, 1.807) is 7.11 Å². The summed E-state index contributed by atoms with van der Waals surface area (Å²) < 4.78 is 12.3. The molecule has 0 amide bonds. The lowest BCUT2D eigenvalue weighted by Crippen LogP contribution is -2.29. The first-order chi connectivity index (χ1) is 17.7. The summed E-state index contributed by atoms with van der Waals surface area (Å²) in [7, 11) is 1.66. The molecular formula is C33H28O3. The highest BCUT2D eigenvalue weighted by molar-refractivity contribution is 5.78. The maximum atomic E-state index is 12.6. The van der Waals surface area contributed by atoms with Crippen LogP contribution in [0.1, 0.15) is 22.3 Å². The summed E-state index contributed by atoms with van der Waals surface area (Å²) in [5.74, 6) is 1.35. The quantitative estimate of drug-likeness (QED) is 0.242. The van der Waals surface area contributed by atoms with Gasteiger partial charge in [-0.05, 0) is 22.8 Å². The van der Waals surface area contributed by atoms with Crippen LogP contribution in [0.5, 0.6) is 11.5 Å². The van der Waals surface area contributed by atoms with Crippen LogP contribution in [0.2, 0.25) is 0 Å². The van der Waals surface area contributed by atoms with Crippen LogP contribution in [-0.2, 0) is 12.2 Å². The molecule has 3 heteroatoms. The van der Waals surface area contributed by atoms with Crippen molar-refractivity contribution in [3.63, 3.8) is 0 Å². The third-order valence-corrected chi connectivity index (χ3v) is 6.41. The second-order valence-corrected chi connectivity index (χ2v) is 8.60. The Kier molecular flexibility index (Phi) is 6.83. The maximum absolute atomic E-state index is 12.6. The van der Waals surface area contributed by atoms with Crippen molar-refractivity contribution in [2.24, 2.45) is 0 Å². The Morgan fingerprint density at radius 2 is 1.11 bits per heavy atom. The van der Waals surface area contributed by atoms with Crippen LogP contribution in [0.15, 0.2) is 133 Å². The zero-order chi connectivity index (χ0) is 24.8. The monoisotopic (exact) mass is 472 g/mol.